The monoisotopic (exact) mass is 155 g/mol. The highest BCUT2D eigenvalue weighted by Crippen LogP contribution is 1.87. The lowest BCUT2D eigenvalue weighted by Crippen LogP contribution is -2.30. The number of hydrogen-bond acceptors (Lipinski definition) is 2. The summed E-state index contributed by atoms with van der Waals surface area (Å²) >= 11 is 0. The molecule has 0 unspecified atom stereocenters. The number of carbonyl (C=O) groups is 2. The third-order valence-corrected chi connectivity index (χ3v) is 1.30. The van der Waals surface area contributed by atoms with Gasteiger partial charge in [-0.05, 0) is 6.92 Å². The van der Waals surface area contributed by atoms with Gasteiger partial charge in [-0.1, -0.05) is 12.2 Å². The molecule has 0 saturated carbocycles. The van der Waals surface area contributed by atoms with Crippen molar-refractivity contribution >= 4 is 12.2 Å². The Bertz CT molecular complexity index is 163. The lowest BCUT2D eigenvalue weighted by molar-refractivity contribution is -0.130. The molecule has 3 nitrogen and oxygen atoms in total. The molecule has 0 aliphatic rings. The van der Waals surface area contributed by atoms with Gasteiger partial charge in [0, 0.05) is 13.5 Å². The summed E-state index contributed by atoms with van der Waals surface area (Å²) in [4.78, 5) is 22.3. The van der Waals surface area contributed by atoms with E-state index in [-0.39, 0.29) is 12.5 Å². The summed E-state index contributed by atoms with van der Waals surface area (Å²) in [6, 6.07) is 0. The molecule has 0 spiro atoms. The normalized spacial score (nSPS) is 10.0. The van der Waals surface area contributed by atoms with Crippen LogP contribution >= 0.6 is 0 Å². The van der Waals surface area contributed by atoms with Gasteiger partial charge in [-0.25, -0.2) is 0 Å². The van der Waals surface area contributed by atoms with Crippen molar-refractivity contribution in [1.29, 1.82) is 0 Å². The largest absolute Gasteiger partial charge is 0.332 e. The smallest absolute Gasteiger partial charge is 0.220 e. The third-order valence-electron chi connectivity index (χ3n) is 1.30. The molecule has 0 N–H and O–H groups in total. The second-order valence-corrected chi connectivity index (χ2v) is 2.16. The Balaban J connectivity index is 3.88. The van der Waals surface area contributed by atoms with Gasteiger partial charge in [0.15, 0.2) is 0 Å². The molecule has 0 atom stereocenters. The van der Waals surface area contributed by atoms with Crippen molar-refractivity contribution < 1.29 is 9.59 Å². The Kier molecular flexibility index (Phi) is 5.07. The summed E-state index contributed by atoms with van der Waals surface area (Å²) in [5.74, 6) is -0.0739. The van der Waals surface area contributed by atoms with Gasteiger partial charge in [0.25, 0.3) is 0 Å². The molecule has 0 rings (SSSR count). The fourth-order valence-corrected chi connectivity index (χ4v) is 0.654. The van der Waals surface area contributed by atoms with Gasteiger partial charge in [0.2, 0.25) is 5.91 Å². The molecule has 3 heteroatoms. The third kappa shape index (κ3) is 4.31. The second-order valence-electron chi connectivity index (χ2n) is 2.16. The van der Waals surface area contributed by atoms with Crippen molar-refractivity contribution in [3.05, 3.63) is 12.2 Å². The molecule has 0 saturated heterocycles. The van der Waals surface area contributed by atoms with Crippen LogP contribution in [-0.2, 0) is 9.59 Å². The van der Waals surface area contributed by atoms with Crippen LogP contribution in [-0.4, -0.2) is 30.2 Å². The standard InChI is InChI=1S/C8H13NO2/c1-3-4-5-9(6-7-10)8(2)11/h3-4,7H,5-6H2,1-2H3/b4-3+. The van der Waals surface area contributed by atoms with E-state index in [0.717, 1.165) is 6.29 Å². The van der Waals surface area contributed by atoms with Crippen molar-refractivity contribution in [2.24, 2.45) is 0 Å². The number of amides is 1. The molecule has 0 radical (unpaired) electrons. The molecule has 0 aromatic rings. The van der Waals surface area contributed by atoms with Gasteiger partial charge in [0.1, 0.15) is 6.29 Å². The molecule has 0 aromatic carbocycles. The van der Waals surface area contributed by atoms with Crippen LogP contribution < -0.4 is 0 Å². The first-order valence-electron chi connectivity index (χ1n) is 3.52. The van der Waals surface area contributed by atoms with Crippen LogP contribution in [0.3, 0.4) is 0 Å². The minimum absolute atomic E-state index is 0.0739. The van der Waals surface area contributed by atoms with E-state index in [1.54, 1.807) is 0 Å². The highest BCUT2D eigenvalue weighted by atomic mass is 16.2. The van der Waals surface area contributed by atoms with Gasteiger partial charge in [-0.3, -0.25) is 4.79 Å². The summed E-state index contributed by atoms with van der Waals surface area (Å²) in [7, 11) is 0. The molecule has 0 aliphatic heterocycles. The van der Waals surface area contributed by atoms with E-state index in [1.165, 1.54) is 11.8 Å². The lowest BCUT2D eigenvalue weighted by atomic mass is 10.4. The van der Waals surface area contributed by atoms with Gasteiger partial charge in [-0.2, -0.15) is 0 Å². The summed E-state index contributed by atoms with van der Waals surface area (Å²) in [6.07, 6.45) is 4.41. The van der Waals surface area contributed by atoms with Crippen LogP contribution in [0.4, 0.5) is 0 Å². The van der Waals surface area contributed by atoms with Crippen LogP contribution in [0.1, 0.15) is 13.8 Å². The second kappa shape index (κ2) is 5.65. The van der Waals surface area contributed by atoms with Crippen molar-refractivity contribution in [3.63, 3.8) is 0 Å². The van der Waals surface area contributed by atoms with E-state index in [2.05, 4.69) is 0 Å². The topological polar surface area (TPSA) is 37.4 Å². The predicted molar refractivity (Wildman–Crippen MR) is 43.1 cm³/mol. The highest BCUT2D eigenvalue weighted by molar-refractivity contribution is 5.76. The molecule has 11 heavy (non-hydrogen) atoms. The van der Waals surface area contributed by atoms with E-state index in [0.29, 0.717) is 6.54 Å². The molecule has 0 heterocycles. The Morgan fingerprint density at radius 2 is 2.09 bits per heavy atom. The average molecular weight is 155 g/mol. The molecular weight excluding hydrogens is 142 g/mol. The first kappa shape index (κ1) is 9.88. The van der Waals surface area contributed by atoms with Gasteiger partial charge in [0.05, 0.1) is 6.54 Å². The molecular formula is C8H13NO2. The molecule has 1 amide bonds. The number of rotatable bonds is 4. The Morgan fingerprint density at radius 1 is 1.45 bits per heavy atom. The molecule has 62 valence electrons. The quantitative estimate of drug-likeness (QED) is 0.440. The summed E-state index contributed by atoms with van der Waals surface area (Å²) in [5.41, 5.74) is 0. The molecule has 0 fully saturated rings. The minimum Gasteiger partial charge on any atom is -0.332 e. The van der Waals surface area contributed by atoms with Crippen LogP contribution in [0, 0.1) is 0 Å². The Labute approximate surface area is 66.7 Å². The number of hydrogen-bond donors (Lipinski definition) is 0. The van der Waals surface area contributed by atoms with Crippen LogP contribution in [0.5, 0.6) is 0 Å². The minimum atomic E-state index is -0.0739. The van der Waals surface area contributed by atoms with Crippen LogP contribution in [0.2, 0.25) is 0 Å². The summed E-state index contributed by atoms with van der Waals surface area (Å²) < 4.78 is 0. The number of allylic oxidation sites excluding steroid dienone is 1. The maximum Gasteiger partial charge on any atom is 0.220 e. The van der Waals surface area contributed by atoms with Gasteiger partial charge < -0.3 is 9.69 Å². The maximum atomic E-state index is 10.8. The number of carbonyl (C=O) groups excluding carboxylic acids is 2. The van der Waals surface area contributed by atoms with Crippen LogP contribution in [0.15, 0.2) is 12.2 Å². The average Bonchev–Trinajstić information content (AvgIpc) is 1.97. The van der Waals surface area contributed by atoms with E-state index in [1.807, 2.05) is 19.1 Å². The van der Waals surface area contributed by atoms with Crippen molar-refractivity contribution in [2.75, 3.05) is 13.1 Å². The lowest BCUT2D eigenvalue weighted by Gasteiger charge is -2.14. The number of nitrogens with zero attached hydrogens (tertiary/aromatic N) is 1. The first-order chi connectivity index (χ1) is 5.22. The zero-order valence-electron chi connectivity index (χ0n) is 6.91. The highest BCUT2D eigenvalue weighted by Gasteiger charge is 2.03. The fourth-order valence-electron chi connectivity index (χ4n) is 0.654. The summed E-state index contributed by atoms with van der Waals surface area (Å²) in [6.45, 7) is 4.02. The maximum absolute atomic E-state index is 10.8. The van der Waals surface area contributed by atoms with E-state index in [9.17, 15) is 9.59 Å². The Hall–Kier alpha value is -1.12. The van der Waals surface area contributed by atoms with Gasteiger partial charge in [-0.15, -0.1) is 0 Å². The van der Waals surface area contributed by atoms with E-state index in [4.69, 9.17) is 0 Å². The molecule has 0 aromatic heterocycles. The van der Waals surface area contributed by atoms with Crippen molar-refractivity contribution in [2.45, 2.75) is 13.8 Å². The first-order valence-corrected chi connectivity index (χ1v) is 3.52. The van der Waals surface area contributed by atoms with E-state index >= 15 is 0 Å². The van der Waals surface area contributed by atoms with Crippen molar-refractivity contribution in [3.8, 4) is 0 Å². The molecule has 0 aliphatic carbocycles. The number of aldehydes is 1. The summed E-state index contributed by atoms with van der Waals surface area (Å²) in [5, 5.41) is 0. The predicted octanol–water partition coefficient (Wildman–Crippen LogP) is 0.610. The van der Waals surface area contributed by atoms with Crippen LogP contribution in [0.25, 0.3) is 0 Å². The molecule has 0 bridgehead atoms. The zero-order valence-corrected chi connectivity index (χ0v) is 6.91. The van der Waals surface area contributed by atoms with E-state index < -0.39 is 0 Å². The fraction of sp³-hybridized carbons (Fsp3) is 0.500. The Morgan fingerprint density at radius 3 is 2.45 bits per heavy atom. The zero-order chi connectivity index (χ0) is 8.69. The van der Waals surface area contributed by atoms with Gasteiger partial charge >= 0.3 is 0 Å². The SMILES string of the molecule is C/C=C/CN(CC=O)C(C)=O. The van der Waals surface area contributed by atoms with Crippen molar-refractivity contribution in [1.82, 2.24) is 4.90 Å².